The summed E-state index contributed by atoms with van der Waals surface area (Å²) in [5.74, 6) is 0. The minimum Gasteiger partial charge on any atom is -0.399 e. The summed E-state index contributed by atoms with van der Waals surface area (Å²) in [4.78, 5) is 0.300. The third kappa shape index (κ3) is 3.18. The number of aryl methyl sites for hydroxylation is 1. The van der Waals surface area contributed by atoms with Gasteiger partial charge in [0, 0.05) is 19.3 Å². The quantitative estimate of drug-likeness (QED) is 0.879. The number of nitrogens with zero attached hydrogens (tertiary/aromatic N) is 1. The number of rotatable bonds is 4. The first-order valence-electron chi connectivity index (χ1n) is 6.27. The van der Waals surface area contributed by atoms with E-state index in [0.29, 0.717) is 17.1 Å². The van der Waals surface area contributed by atoms with Gasteiger partial charge in [0.1, 0.15) is 0 Å². The summed E-state index contributed by atoms with van der Waals surface area (Å²) in [5, 5.41) is 0. The predicted molar refractivity (Wildman–Crippen MR) is 80.7 cm³/mol. The predicted octanol–water partition coefficient (Wildman–Crippen LogP) is 2.40. The van der Waals surface area contributed by atoms with Crippen LogP contribution in [0.25, 0.3) is 0 Å². The zero-order chi connectivity index (χ0) is 14.8. The first-order chi connectivity index (χ1) is 9.39. The van der Waals surface area contributed by atoms with Gasteiger partial charge in [0.25, 0.3) is 0 Å². The van der Waals surface area contributed by atoms with Gasteiger partial charge in [0.15, 0.2) is 0 Å². The SMILES string of the molecule is Cc1ccc(S(=O)(=O)N(C)Cc2cccc(N)c2)cc1. The van der Waals surface area contributed by atoms with Crippen molar-refractivity contribution in [2.24, 2.45) is 0 Å². The van der Waals surface area contributed by atoms with Crippen LogP contribution in [0.4, 0.5) is 5.69 Å². The fraction of sp³-hybridized carbons (Fsp3) is 0.200. The Hall–Kier alpha value is -1.85. The highest BCUT2D eigenvalue weighted by Crippen LogP contribution is 2.18. The molecular formula is C15H18N2O2S. The second kappa shape index (κ2) is 5.64. The molecule has 0 unspecified atom stereocenters. The Morgan fingerprint density at radius 1 is 1.10 bits per heavy atom. The normalized spacial score (nSPS) is 11.8. The molecule has 2 aromatic rings. The third-order valence-electron chi connectivity index (χ3n) is 3.09. The van der Waals surface area contributed by atoms with Crippen LogP contribution in [0, 0.1) is 6.92 Å². The summed E-state index contributed by atoms with van der Waals surface area (Å²) in [5.41, 5.74) is 8.23. The van der Waals surface area contributed by atoms with Crippen LogP contribution >= 0.6 is 0 Å². The van der Waals surface area contributed by atoms with E-state index in [2.05, 4.69) is 0 Å². The van der Waals surface area contributed by atoms with Crippen molar-refractivity contribution in [3.8, 4) is 0 Å². The van der Waals surface area contributed by atoms with Crippen molar-refractivity contribution in [2.45, 2.75) is 18.4 Å². The van der Waals surface area contributed by atoms with E-state index in [1.165, 1.54) is 4.31 Å². The second-order valence-corrected chi connectivity index (χ2v) is 6.86. The Morgan fingerprint density at radius 2 is 1.75 bits per heavy atom. The van der Waals surface area contributed by atoms with Crippen molar-refractivity contribution in [1.82, 2.24) is 4.31 Å². The van der Waals surface area contributed by atoms with Crippen LogP contribution < -0.4 is 5.73 Å². The standard InChI is InChI=1S/C15H18N2O2S/c1-12-6-8-15(9-7-12)20(18,19)17(2)11-13-4-3-5-14(16)10-13/h3-10H,11,16H2,1-2H3. The van der Waals surface area contributed by atoms with Gasteiger partial charge in [-0.05, 0) is 36.8 Å². The third-order valence-corrected chi connectivity index (χ3v) is 4.90. The molecule has 0 spiro atoms. The lowest BCUT2D eigenvalue weighted by Crippen LogP contribution is -2.26. The van der Waals surface area contributed by atoms with E-state index in [9.17, 15) is 8.42 Å². The number of sulfonamides is 1. The number of nitrogens with two attached hydrogens (primary N) is 1. The summed E-state index contributed by atoms with van der Waals surface area (Å²) < 4.78 is 26.2. The van der Waals surface area contributed by atoms with E-state index in [0.717, 1.165) is 11.1 Å². The van der Waals surface area contributed by atoms with Gasteiger partial charge in [-0.3, -0.25) is 0 Å². The fourth-order valence-corrected chi connectivity index (χ4v) is 3.08. The molecule has 0 heterocycles. The van der Waals surface area contributed by atoms with E-state index in [-0.39, 0.29) is 0 Å². The zero-order valence-corrected chi connectivity index (χ0v) is 12.4. The molecule has 2 rings (SSSR count). The Labute approximate surface area is 119 Å². The van der Waals surface area contributed by atoms with Crippen LogP contribution in [0.3, 0.4) is 0 Å². The topological polar surface area (TPSA) is 63.4 Å². The van der Waals surface area contributed by atoms with E-state index >= 15 is 0 Å². The molecule has 0 fully saturated rings. The van der Waals surface area contributed by atoms with Gasteiger partial charge in [-0.25, -0.2) is 8.42 Å². The lowest BCUT2D eigenvalue weighted by molar-refractivity contribution is 0.467. The van der Waals surface area contributed by atoms with Crippen molar-refractivity contribution < 1.29 is 8.42 Å². The molecule has 0 bridgehead atoms. The maximum atomic E-state index is 12.4. The molecule has 2 aromatic carbocycles. The van der Waals surface area contributed by atoms with Gasteiger partial charge < -0.3 is 5.73 Å². The molecular weight excluding hydrogens is 272 g/mol. The minimum atomic E-state index is -3.47. The number of benzene rings is 2. The van der Waals surface area contributed by atoms with Crippen molar-refractivity contribution in [3.63, 3.8) is 0 Å². The molecule has 0 aliphatic carbocycles. The molecule has 0 aliphatic heterocycles. The highest BCUT2D eigenvalue weighted by Gasteiger charge is 2.20. The Balaban J connectivity index is 2.23. The summed E-state index contributed by atoms with van der Waals surface area (Å²) in [6.45, 7) is 2.22. The molecule has 0 saturated carbocycles. The Kier molecular flexibility index (Phi) is 4.11. The molecule has 106 valence electrons. The first kappa shape index (κ1) is 14.6. The summed E-state index contributed by atoms with van der Waals surface area (Å²) in [7, 11) is -1.91. The average Bonchev–Trinajstić information content (AvgIpc) is 2.39. The Bertz CT molecular complexity index is 694. The zero-order valence-electron chi connectivity index (χ0n) is 11.6. The molecule has 20 heavy (non-hydrogen) atoms. The monoisotopic (exact) mass is 290 g/mol. The van der Waals surface area contributed by atoms with Gasteiger partial charge in [-0.2, -0.15) is 4.31 Å². The summed E-state index contributed by atoms with van der Waals surface area (Å²) in [6, 6.07) is 14.1. The lowest BCUT2D eigenvalue weighted by atomic mass is 10.2. The first-order valence-corrected chi connectivity index (χ1v) is 7.71. The molecule has 0 aliphatic rings. The number of anilines is 1. The Morgan fingerprint density at radius 3 is 2.35 bits per heavy atom. The number of hydrogen-bond donors (Lipinski definition) is 1. The maximum absolute atomic E-state index is 12.4. The van der Waals surface area contributed by atoms with Crippen LogP contribution in [0.1, 0.15) is 11.1 Å². The maximum Gasteiger partial charge on any atom is 0.243 e. The molecule has 2 N–H and O–H groups in total. The van der Waals surface area contributed by atoms with Crippen LogP contribution in [0.15, 0.2) is 53.4 Å². The van der Waals surface area contributed by atoms with Gasteiger partial charge in [-0.15, -0.1) is 0 Å². The fourth-order valence-electron chi connectivity index (χ4n) is 1.92. The number of hydrogen-bond acceptors (Lipinski definition) is 3. The van der Waals surface area contributed by atoms with Crippen LogP contribution in [-0.4, -0.2) is 19.8 Å². The smallest absolute Gasteiger partial charge is 0.243 e. The molecule has 0 amide bonds. The molecule has 0 saturated heterocycles. The largest absolute Gasteiger partial charge is 0.399 e. The lowest BCUT2D eigenvalue weighted by Gasteiger charge is -2.17. The van der Waals surface area contributed by atoms with Crippen molar-refractivity contribution in [2.75, 3.05) is 12.8 Å². The minimum absolute atomic E-state index is 0.293. The van der Waals surface area contributed by atoms with Gasteiger partial charge >= 0.3 is 0 Å². The molecule has 0 aromatic heterocycles. The second-order valence-electron chi connectivity index (χ2n) is 4.82. The molecule has 4 nitrogen and oxygen atoms in total. The van der Waals surface area contributed by atoms with Crippen molar-refractivity contribution in [3.05, 3.63) is 59.7 Å². The van der Waals surface area contributed by atoms with E-state index in [1.54, 1.807) is 43.4 Å². The van der Waals surface area contributed by atoms with Gasteiger partial charge in [-0.1, -0.05) is 29.8 Å². The van der Waals surface area contributed by atoms with Crippen LogP contribution in [0.2, 0.25) is 0 Å². The summed E-state index contributed by atoms with van der Waals surface area (Å²) in [6.07, 6.45) is 0. The average molecular weight is 290 g/mol. The van der Waals surface area contributed by atoms with E-state index in [1.807, 2.05) is 19.1 Å². The number of nitrogen functional groups attached to an aromatic ring is 1. The van der Waals surface area contributed by atoms with E-state index in [4.69, 9.17) is 5.73 Å². The molecule has 0 radical (unpaired) electrons. The molecule has 5 heteroatoms. The van der Waals surface area contributed by atoms with Gasteiger partial charge in [0.2, 0.25) is 10.0 Å². The highest BCUT2D eigenvalue weighted by atomic mass is 32.2. The van der Waals surface area contributed by atoms with Gasteiger partial charge in [0.05, 0.1) is 4.90 Å². The van der Waals surface area contributed by atoms with Crippen molar-refractivity contribution in [1.29, 1.82) is 0 Å². The molecule has 0 atom stereocenters. The van der Waals surface area contributed by atoms with E-state index < -0.39 is 10.0 Å². The van der Waals surface area contributed by atoms with Crippen LogP contribution in [-0.2, 0) is 16.6 Å². The summed E-state index contributed by atoms with van der Waals surface area (Å²) >= 11 is 0. The van der Waals surface area contributed by atoms with Crippen LogP contribution in [0.5, 0.6) is 0 Å². The highest BCUT2D eigenvalue weighted by molar-refractivity contribution is 7.89. The van der Waals surface area contributed by atoms with Crippen molar-refractivity contribution >= 4 is 15.7 Å².